The van der Waals surface area contributed by atoms with Gasteiger partial charge in [0.15, 0.2) is 0 Å². The SMILES string of the molecule is Cc1cc(C(=O)NCCCC(N)=O)ccc1Br. The molecule has 0 aliphatic heterocycles. The second-order valence-corrected chi connectivity index (χ2v) is 4.64. The Hall–Kier alpha value is -1.36. The van der Waals surface area contributed by atoms with Gasteiger partial charge in [0.2, 0.25) is 5.91 Å². The summed E-state index contributed by atoms with van der Waals surface area (Å²) >= 11 is 3.38. The molecule has 2 amide bonds. The molecule has 3 N–H and O–H groups in total. The van der Waals surface area contributed by atoms with Gasteiger partial charge in [0.05, 0.1) is 0 Å². The first kappa shape index (κ1) is 13.7. The van der Waals surface area contributed by atoms with Crippen molar-refractivity contribution in [2.75, 3.05) is 6.54 Å². The number of hydrogen-bond acceptors (Lipinski definition) is 2. The predicted molar refractivity (Wildman–Crippen MR) is 69.6 cm³/mol. The molecule has 1 rings (SSSR count). The normalized spacial score (nSPS) is 10.0. The van der Waals surface area contributed by atoms with E-state index in [4.69, 9.17) is 5.73 Å². The van der Waals surface area contributed by atoms with Crippen molar-refractivity contribution in [1.82, 2.24) is 5.32 Å². The Labute approximate surface area is 109 Å². The van der Waals surface area contributed by atoms with Crippen LogP contribution in [0.2, 0.25) is 0 Å². The summed E-state index contributed by atoms with van der Waals surface area (Å²) in [7, 11) is 0. The maximum Gasteiger partial charge on any atom is 0.251 e. The van der Waals surface area contributed by atoms with Crippen molar-refractivity contribution in [2.24, 2.45) is 5.73 Å². The lowest BCUT2D eigenvalue weighted by Gasteiger charge is -2.06. The minimum Gasteiger partial charge on any atom is -0.370 e. The molecule has 17 heavy (non-hydrogen) atoms. The number of aryl methyl sites for hydroxylation is 1. The molecular formula is C12H15BrN2O2. The fourth-order valence-corrected chi connectivity index (χ4v) is 1.60. The quantitative estimate of drug-likeness (QED) is 0.813. The van der Waals surface area contributed by atoms with Crippen LogP contribution in [-0.2, 0) is 4.79 Å². The summed E-state index contributed by atoms with van der Waals surface area (Å²) in [5.74, 6) is -0.483. The molecule has 0 heterocycles. The highest BCUT2D eigenvalue weighted by Crippen LogP contribution is 2.16. The Morgan fingerprint density at radius 1 is 1.41 bits per heavy atom. The van der Waals surface area contributed by atoms with Crippen LogP contribution in [0.1, 0.15) is 28.8 Å². The second kappa shape index (κ2) is 6.39. The summed E-state index contributed by atoms with van der Waals surface area (Å²) in [5, 5.41) is 2.74. The van der Waals surface area contributed by atoms with Crippen LogP contribution in [0.3, 0.4) is 0 Å². The highest BCUT2D eigenvalue weighted by molar-refractivity contribution is 9.10. The first-order valence-corrected chi connectivity index (χ1v) is 6.12. The average molecular weight is 299 g/mol. The summed E-state index contributed by atoms with van der Waals surface area (Å²) in [4.78, 5) is 22.2. The monoisotopic (exact) mass is 298 g/mol. The molecule has 0 aromatic heterocycles. The molecule has 0 radical (unpaired) electrons. The molecule has 0 bridgehead atoms. The Balaban J connectivity index is 2.47. The molecule has 92 valence electrons. The van der Waals surface area contributed by atoms with Crippen LogP contribution in [0.25, 0.3) is 0 Å². The van der Waals surface area contributed by atoms with E-state index >= 15 is 0 Å². The molecule has 1 aromatic rings. The number of nitrogens with two attached hydrogens (primary N) is 1. The molecule has 0 spiro atoms. The molecule has 0 fully saturated rings. The van der Waals surface area contributed by atoms with Gasteiger partial charge in [-0.3, -0.25) is 9.59 Å². The molecule has 0 atom stereocenters. The highest BCUT2D eigenvalue weighted by Gasteiger charge is 2.06. The van der Waals surface area contributed by atoms with Crippen molar-refractivity contribution in [3.63, 3.8) is 0 Å². The van der Waals surface area contributed by atoms with Gasteiger partial charge in [-0.15, -0.1) is 0 Å². The maximum absolute atomic E-state index is 11.7. The van der Waals surface area contributed by atoms with Gasteiger partial charge in [-0.05, 0) is 37.1 Å². The zero-order valence-corrected chi connectivity index (χ0v) is 11.2. The molecule has 0 unspecified atom stereocenters. The Morgan fingerprint density at radius 3 is 2.71 bits per heavy atom. The number of halogens is 1. The summed E-state index contributed by atoms with van der Waals surface area (Å²) in [6, 6.07) is 5.40. The van der Waals surface area contributed by atoms with E-state index in [1.54, 1.807) is 6.07 Å². The Bertz CT molecular complexity index is 433. The summed E-state index contributed by atoms with van der Waals surface area (Å²) in [6.07, 6.45) is 0.857. The number of primary amides is 1. The second-order valence-electron chi connectivity index (χ2n) is 3.79. The first-order chi connectivity index (χ1) is 8.00. The fourth-order valence-electron chi connectivity index (χ4n) is 1.35. The predicted octanol–water partition coefficient (Wildman–Crippen LogP) is 1.75. The van der Waals surface area contributed by atoms with Crippen LogP contribution in [0.15, 0.2) is 22.7 Å². The maximum atomic E-state index is 11.7. The number of nitrogens with one attached hydrogen (secondary N) is 1. The van der Waals surface area contributed by atoms with Crippen molar-refractivity contribution < 1.29 is 9.59 Å². The average Bonchev–Trinajstić information content (AvgIpc) is 2.27. The van der Waals surface area contributed by atoms with Crippen LogP contribution in [-0.4, -0.2) is 18.4 Å². The standard InChI is InChI=1S/C12H15BrN2O2/c1-8-7-9(4-5-10(8)13)12(17)15-6-2-3-11(14)16/h4-5,7H,2-3,6H2,1H3,(H2,14,16)(H,15,17). The van der Waals surface area contributed by atoms with Crippen LogP contribution >= 0.6 is 15.9 Å². The van der Waals surface area contributed by atoms with Gasteiger partial charge in [0.1, 0.15) is 0 Å². The van der Waals surface area contributed by atoms with Crippen LogP contribution in [0.5, 0.6) is 0 Å². The number of carbonyl (C=O) groups excluding carboxylic acids is 2. The van der Waals surface area contributed by atoms with E-state index in [9.17, 15) is 9.59 Å². The van der Waals surface area contributed by atoms with E-state index in [1.165, 1.54) is 0 Å². The number of amides is 2. The van der Waals surface area contributed by atoms with E-state index in [1.807, 2.05) is 19.1 Å². The Morgan fingerprint density at radius 2 is 2.12 bits per heavy atom. The van der Waals surface area contributed by atoms with Gasteiger partial charge in [-0.25, -0.2) is 0 Å². The summed E-state index contributed by atoms with van der Waals surface area (Å²) in [6.45, 7) is 2.38. The van der Waals surface area contributed by atoms with Crippen LogP contribution < -0.4 is 11.1 Å². The zero-order valence-electron chi connectivity index (χ0n) is 9.63. The summed E-state index contributed by atoms with van der Waals surface area (Å²) < 4.78 is 0.975. The number of rotatable bonds is 5. The third-order valence-electron chi connectivity index (χ3n) is 2.31. The lowest BCUT2D eigenvalue weighted by Crippen LogP contribution is -2.25. The van der Waals surface area contributed by atoms with E-state index in [2.05, 4.69) is 21.2 Å². The highest BCUT2D eigenvalue weighted by atomic mass is 79.9. The van der Waals surface area contributed by atoms with Gasteiger partial charge in [-0.2, -0.15) is 0 Å². The number of hydrogen-bond donors (Lipinski definition) is 2. The number of carbonyl (C=O) groups is 2. The topological polar surface area (TPSA) is 72.2 Å². The van der Waals surface area contributed by atoms with E-state index < -0.39 is 0 Å². The molecule has 5 heteroatoms. The summed E-state index contributed by atoms with van der Waals surface area (Å²) in [5.41, 5.74) is 6.62. The third kappa shape index (κ3) is 4.56. The van der Waals surface area contributed by atoms with Crippen molar-refractivity contribution >= 4 is 27.7 Å². The fraction of sp³-hybridized carbons (Fsp3) is 0.333. The number of benzene rings is 1. The van der Waals surface area contributed by atoms with Gasteiger partial charge in [0.25, 0.3) is 5.91 Å². The van der Waals surface area contributed by atoms with Gasteiger partial charge >= 0.3 is 0 Å². The molecule has 4 nitrogen and oxygen atoms in total. The van der Waals surface area contributed by atoms with E-state index in [0.29, 0.717) is 24.9 Å². The minimum absolute atomic E-state index is 0.134. The molecule has 0 aliphatic carbocycles. The van der Waals surface area contributed by atoms with E-state index in [0.717, 1.165) is 10.0 Å². The minimum atomic E-state index is -0.348. The van der Waals surface area contributed by atoms with Crippen molar-refractivity contribution in [3.05, 3.63) is 33.8 Å². The smallest absolute Gasteiger partial charge is 0.251 e. The van der Waals surface area contributed by atoms with Crippen LogP contribution in [0.4, 0.5) is 0 Å². The van der Waals surface area contributed by atoms with Gasteiger partial charge in [-0.1, -0.05) is 15.9 Å². The molecule has 0 aliphatic rings. The molecule has 0 saturated carbocycles. The lowest BCUT2D eigenvalue weighted by atomic mass is 10.1. The third-order valence-corrected chi connectivity index (χ3v) is 3.20. The Kier molecular flexibility index (Phi) is 5.15. The van der Waals surface area contributed by atoms with Gasteiger partial charge in [0, 0.05) is 23.0 Å². The zero-order chi connectivity index (χ0) is 12.8. The largest absolute Gasteiger partial charge is 0.370 e. The van der Waals surface area contributed by atoms with E-state index in [-0.39, 0.29) is 11.8 Å². The molecule has 1 aromatic carbocycles. The molecular weight excluding hydrogens is 284 g/mol. The lowest BCUT2D eigenvalue weighted by molar-refractivity contribution is -0.118. The van der Waals surface area contributed by atoms with Crippen LogP contribution in [0, 0.1) is 6.92 Å². The van der Waals surface area contributed by atoms with Crippen molar-refractivity contribution in [3.8, 4) is 0 Å². The van der Waals surface area contributed by atoms with Gasteiger partial charge < -0.3 is 11.1 Å². The first-order valence-electron chi connectivity index (χ1n) is 5.33. The van der Waals surface area contributed by atoms with Crippen molar-refractivity contribution in [1.29, 1.82) is 0 Å². The molecule has 0 saturated heterocycles. The van der Waals surface area contributed by atoms with Crippen molar-refractivity contribution in [2.45, 2.75) is 19.8 Å².